The predicted octanol–water partition coefficient (Wildman–Crippen LogP) is 4.31. The van der Waals surface area contributed by atoms with Crippen molar-refractivity contribution >= 4 is 11.9 Å². The highest BCUT2D eigenvalue weighted by Gasteiger charge is 2.50. The van der Waals surface area contributed by atoms with Gasteiger partial charge in [0.1, 0.15) is 0 Å². The summed E-state index contributed by atoms with van der Waals surface area (Å²) in [4.78, 5) is 27.4. The molecule has 2 saturated carbocycles. The molecule has 1 aromatic carbocycles. The number of methoxy groups -OCH3 is 1. The Balaban J connectivity index is 1.59. The van der Waals surface area contributed by atoms with Crippen molar-refractivity contribution in [1.82, 2.24) is 4.90 Å². The molecule has 1 aromatic rings. The summed E-state index contributed by atoms with van der Waals surface area (Å²) in [5, 5.41) is 10.9. The summed E-state index contributed by atoms with van der Waals surface area (Å²) in [6.45, 7) is 6.73. The predicted molar refractivity (Wildman–Crippen MR) is 132 cm³/mol. The van der Waals surface area contributed by atoms with Gasteiger partial charge in [0, 0.05) is 37.3 Å². The average molecular weight is 488 g/mol. The standard InChI is InChI=1S/C28H41NO6/c1-18(30)28(3)17-29(27(32)26(35-19(2)31)21-8-6-5-7-9-21)15-23(28)22-12-13-24(33-4)25(14-22)34-16-20-10-11-20/h12-14,18,20-21,23,26,30H,5-11,15-17H2,1-4H3/t18-,23+,26+,28-/m1/s1. The number of aliphatic hydroxyl groups is 1. The van der Waals surface area contributed by atoms with Crippen LogP contribution in [-0.2, 0) is 14.3 Å². The number of esters is 1. The van der Waals surface area contributed by atoms with Crippen LogP contribution in [0.4, 0.5) is 0 Å². The Hall–Kier alpha value is -2.28. The van der Waals surface area contributed by atoms with Gasteiger partial charge in [0.2, 0.25) is 0 Å². The number of benzene rings is 1. The van der Waals surface area contributed by atoms with Crippen LogP contribution in [0.5, 0.6) is 11.5 Å². The second kappa shape index (κ2) is 10.8. The number of aliphatic hydroxyl groups excluding tert-OH is 1. The van der Waals surface area contributed by atoms with E-state index in [1.165, 1.54) is 19.8 Å². The minimum Gasteiger partial charge on any atom is -0.493 e. The molecule has 4 atom stereocenters. The molecule has 1 heterocycles. The third-order valence-electron chi connectivity index (χ3n) is 8.37. The van der Waals surface area contributed by atoms with Gasteiger partial charge in [0.15, 0.2) is 17.6 Å². The number of nitrogens with zero attached hydrogens (tertiary/aromatic N) is 1. The average Bonchev–Trinajstić information content (AvgIpc) is 3.61. The van der Waals surface area contributed by atoms with E-state index in [1.807, 2.05) is 25.1 Å². The maximum atomic E-state index is 13.7. The van der Waals surface area contributed by atoms with Crippen molar-refractivity contribution in [2.45, 2.75) is 83.8 Å². The van der Waals surface area contributed by atoms with E-state index in [0.29, 0.717) is 37.1 Å². The lowest BCUT2D eigenvalue weighted by Gasteiger charge is -2.34. The van der Waals surface area contributed by atoms with Gasteiger partial charge in [0.05, 0.1) is 19.8 Å². The van der Waals surface area contributed by atoms with E-state index in [2.05, 4.69) is 0 Å². The normalized spacial score (nSPS) is 26.8. The molecule has 4 rings (SSSR count). The molecule has 1 saturated heterocycles. The van der Waals surface area contributed by atoms with E-state index < -0.39 is 23.6 Å². The zero-order valence-electron chi connectivity index (χ0n) is 21.6. The summed E-state index contributed by atoms with van der Waals surface area (Å²) < 4.78 is 17.2. The summed E-state index contributed by atoms with van der Waals surface area (Å²) in [6.07, 6.45) is 6.08. The van der Waals surface area contributed by atoms with Crippen LogP contribution in [-0.4, -0.2) is 60.9 Å². The van der Waals surface area contributed by atoms with E-state index in [0.717, 1.165) is 37.7 Å². The third-order valence-corrected chi connectivity index (χ3v) is 8.37. The lowest BCUT2D eigenvalue weighted by atomic mass is 9.72. The van der Waals surface area contributed by atoms with E-state index in [4.69, 9.17) is 14.2 Å². The van der Waals surface area contributed by atoms with Crippen molar-refractivity contribution in [2.75, 3.05) is 26.8 Å². The topological polar surface area (TPSA) is 85.3 Å². The maximum absolute atomic E-state index is 13.7. The summed E-state index contributed by atoms with van der Waals surface area (Å²) in [6, 6.07) is 5.92. The monoisotopic (exact) mass is 487 g/mol. The van der Waals surface area contributed by atoms with Crippen LogP contribution in [0.25, 0.3) is 0 Å². The van der Waals surface area contributed by atoms with Gasteiger partial charge in [-0.3, -0.25) is 9.59 Å². The molecule has 3 aliphatic rings. The van der Waals surface area contributed by atoms with Gasteiger partial charge in [-0.1, -0.05) is 32.3 Å². The van der Waals surface area contributed by atoms with Crippen molar-refractivity contribution in [1.29, 1.82) is 0 Å². The number of carbonyl (C=O) groups excluding carboxylic acids is 2. The summed E-state index contributed by atoms with van der Waals surface area (Å²) in [5.74, 6) is 1.41. The van der Waals surface area contributed by atoms with Crippen molar-refractivity contribution in [3.63, 3.8) is 0 Å². The number of hydrogen-bond acceptors (Lipinski definition) is 6. The Kier molecular flexibility index (Phi) is 7.94. The van der Waals surface area contributed by atoms with E-state index >= 15 is 0 Å². The molecule has 35 heavy (non-hydrogen) atoms. The fraction of sp³-hybridized carbons (Fsp3) is 0.714. The van der Waals surface area contributed by atoms with Crippen LogP contribution in [0.3, 0.4) is 0 Å². The molecule has 2 aliphatic carbocycles. The molecule has 0 aromatic heterocycles. The highest BCUT2D eigenvalue weighted by molar-refractivity contribution is 5.84. The summed E-state index contributed by atoms with van der Waals surface area (Å²) in [7, 11) is 1.63. The Labute approximate surface area is 209 Å². The molecule has 1 aliphatic heterocycles. The quantitative estimate of drug-likeness (QED) is 0.523. The van der Waals surface area contributed by atoms with Crippen LogP contribution in [0.15, 0.2) is 18.2 Å². The minimum absolute atomic E-state index is 0.0559. The van der Waals surface area contributed by atoms with Gasteiger partial charge in [-0.25, -0.2) is 0 Å². The van der Waals surface area contributed by atoms with Crippen LogP contribution in [0.2, 0.25) is 0 Å². The lowest BCUT2D eigenvalue weighted by molar-refractivity contribution is -0.163. The minimum atomic E-state index is -0.752. The molecular formula is C28H41NO6. The Morgan fingerprint density at radius 3 is 2.46 bits per heavy atom. The van der Waals surface area contributed by atoms with Crippen molar-refractivity contribution in [3.05, 3.63) is 23.8 Å². The second-order valence-corrected chi connectivity index (χ2v) is 11.0. The van der Waals surface area contributed by atoms with Crippen LogP contribution >= 0.6 is 0 Å². The zero-order chi connectivity index (χ0) is 25.2. The smallest absolute Gasteiger partial charge is 0.303 e. The molecular weight excluding hydrogens is 446 g/mol. The van der Waals surface area contributed by atoms with Crippen molar-refractivity contribution in [3.8, 4) is 11.5 Å². The first-order valence-corrected chi connectivity index (χ1v) is 13.2. The molecule has 1 amide bonds. The van der Waals surface area contributed by atoms with Gasteiger partial charge in [0.25, 0.3) is 5.91 Å². The first-order valence-electron chi connectivity index (χ1n) is 13.2. The first kappa shape index (κ1) is 25.8. The molecule has 0 unspecified atom stereocenters. The van der Waals surface area contributed by atoms with Gasteiger partial charge >= 0.3 is 5.97 Å². The zero-order valence-corrected chi connectivity index (χ0v) is 21.6. The molecule has 1 N–H and O–H groups in total. The Morgan fingerprint density at radius 1 is 1.14 bits per heavy atom. The number of amides is 1. The molecule has 0 spiro atoms. The van der Waals surface area contributed by atoms with E-state index in [-0.39, 0.29) is 17.7 Å². The first-order chi connectivity index (χ1) is 16.7. The van der Waals surface area contributed by atoms with Crippen LogP contribution in [0, 0.1) is 17.3 Å². The van der Waals surface area contributed by atoms with Gasteiger partial charge < -0.3 is 24.2 Å². The van der Waals surface area contributed by atoms with Gasteiger partial charge in [-0.2, -0.15) is 0 Å². The summed E-state index contributed by atoms with van der Waals surface area (Å²) >= 11 is 0. The number of rotatable bonds is 9. The van der Waals surface area contributed by atoms with Crippen molar-refractivity contribution in [2.24, 2.45) is 17.3 Å². The molecule has 194 valence electrons. The highest BCUT2D eigenvalue weighted by atomic mass is 16.5. The van der Waals surface area contributed by atoms with Crippen LogP contribution in [0.1, 0.15) is 77.2 Å². The van der Waals surface area contributed by atoms with Gasteiger partial charge in [-0.05, 0) is 56.2 Å². The van der Waals surface area contributed by atoms with Crippen molar-refractivity contribution < 1.29 is 28.9 Å². The molecule has 3 fully saturated rings. The Morgan fingerprint density at radius 2 is 1.86 bits per heavy atom. The molecule has 7 nitrogen and oxygen atoms in total. The molecule has 0 bridgehead atoms. The maximum Gasteiger partial charge on any atom is 0.303 e. The summed E-state index contributed by atoms with van der Waals surface area (Å²) in [5.41, 5.74) is 0.461. The fourth-order valence-electron chi connectivity index (χ4n) is 5.75. The number of ether oxygens (including phenoxy) is 3. The number of likely N-dealkylation sites (tertiary alicyclic amines) is 1. The highest BCUT2D eigenvalue weighted by Crippen LogP contribution is 2.47. The van der Waals surface area contributed by atoms with Crippen LogP contribution < -0.4 is 9.47 Å². The Bertz CT molecular complexity index is 907. The number of carbonyl (C=O) groups is 2. The molecule has 0 radical (unpaired) electrons. The number of hydrogen-bond donors (Lipinski definition) is 1. The fourth-order valence-corrected chi connectivity index (χ4v) is 5.75. The molecule has 7 heteroatoms. The van der Waals surface area contributed by atoms with E-state index in [1.54, 1.807) is 18.9 Å². The van der Waals surface area contributed by atoms with Gasteiger partial charge in [-0.15, -0.1) is 0 Å². The lowest BCUT2D eigenvalue weighted by Crippen LogP contribution is -2.46. The SMILES string of the molecule is COc1ccc([C@@H]2CN(C(=O)[C@@H](OC(C)=O)C3CCCCC3)C[C@]2(C)[C@@H](C)O)cc1OCC1CC1. The van der Waals surface area contributed by atoms with E-state index in [9.17, 15) is 14.7 Å². The second-order valence-electron chi connectivity index (χ2n) is 11.0. The third kappa shape index (κ3) is 5.76. The largest absolute Gasteiger partial charge is 0.493 e.